The van der Waals surface area contributed by atoms with E-state index in [0.717, 1.165) is 16.7 Å². The van der Waals surface area contributed by atoms with E-state index < -0.39 is 21.8 Å². The maximum Gasteiger partial charge on any atom is 0.329 e. The van der Waals surface area contributed by atoms with Crippen LogP contribution in [0.1, 0.15) is 33.8 Å². The molecule has 0 spiro atoms. The summed E-state index contributed by atoms with van der Waals surface area (Å²) in [6.07, 6.45) is 1.21. The monoisotopic (exact) mass is 626 g/mol. The maximum absolute atomic E-state index is 13.6. The Morgan fingerprint density at radius 3 is 2.19 bits per heavy atom. The van der Waals surface area contributed by atoms with Crippen molar-refractivity contribution in [1.29, 1.82) is 0 Å². The van der Waals surface area contributed by atoms with Gasteiger partial charge in [0.05, 0.1) is 27.7 Å². The summed E-state index contributed by atoms with van der Waals surface area (Å²) in [6, 6.07) is 20.1. The van der Waals surface area contributed by atoms with Gasteiger partial charge in [0.25, 0.3) is 0 Å². The average molecular weight is 628 g/mol. The third-order valence-electron chi connectivity index (χ3n) is 6.06. The number of sulfonamides is 1. The topological polar surface area (TPSA) is 121 Å². The highest BCUT2D eigenvalue weighted by Crippen LogP contribution is 2.26. The Labute approximate surface area is 254 Å². The Morgan fingerprint density at radius 2 is 1.52 bits per heavy atom. The van der Waals surface area contributed by atoms with Crippen molar-refractivity contribution >= 4 is 56.9 Å². The van der Waals surface area contributed by atoms with Gasteiger partial charge in [0, 0.05) is 12.2 Å². The highest BCUT2D eigenvalue weighted by atomic mass is 35.5. The Hall–Kier alpha value is -3.96. The molecule has 9 nitrogen and oxygen atoms in total. The molecule has 42 heavy (non-hydrogen) atoms. The van der Waals surface area contributed by atoms with Crippen molar-refractivity contribution < 1.29 is 22.4 Å². The summed E-state index contributed by atoms with van der Waals surface area (Å²) < 4.78 is 34.2. The highest BCUT2D eigenvalue weighted by Gasteiger charge is 2.26. The van der Waals surface area contributed by atoms with Gasteiger partial charge in [0.2, 0.25) is 10.0 Å². The lowest BCUT2D eigenvalue weighted by Crippen LogP contribution is -2.32. The lowest BCUT2D eigenvalue weighted by molar-refractivity contribution is -0.136. The van der Waals surface area contributed by atoms with E-state index in [1.807, 2.05) is 26.8 Å². The maximum atomic E-state index is 13.6. The Balaban J connectivity index is 1.46. The molecular weight excluding hydrogens is 599 g/mol. The van der Waals surface area contributed by atoms with Crippen molar-refractivity contribution in [3.05, 3.63) is 117 Å². The number of furan rings is 1. The minimum atomic E-state index is -3.93. The van der Waals surface area contributed by atoms with Crippen LogP contribution in [0.2, 0.25) is 10.0 Å². The quantitative estimate of drug-likeness (QED) is 0.134. The minimum absolute atomic E-state index is 0.00283. The Bertz CT molecular complexity index is 1730. The first-order valence-electron chi connectivity index (χ1n) is 12.7. The predicted octanol–water partition coefficient (Wildman–Crippen LogP) is 5.99. The molecule has 0 aliphatic rings. The summed E-state index contributed by atoms with van der Waals surface area (Å²) in [7, 11) is -3.93. The van der Waals surface area contributed by atoms with Crippen LogP contribution in [0.25, 0.3) is 0 Å². The van der Waals surface area contributed by atoms with Crippen molar-refractivity contribution in [2.75, 3.05) is 5.32 Å². The molecule has 0 atom stereocenters. The van der Waals surface area contributed by atoms with E-state index in [1.165, 1.54) is 10.5 Å². The molecule has 0 saturated carbocycles. The molecule has 2 N–H and O–H groups in total. The summed E-state index contributed by atoms with van der Waals surface area (Å²) in [5.41, 5.74) is 6.10. The van der Waals surface area contributed by atoms with Gasteiger partial charge >= 0.3 is 11.8 Å². The number of hydrogen-bond acceptors (Lipinski definition) is 6. The average Bonchev–Trinajstić information content (AvgIpc) is 3.37. The van der Waals surface area contributed by atoms with Crippen molar-refractivity contribution in [2.24, 2.45) is 5.10 Å². The molecule has 3 aromatic carbocycles. The van der Waals surface area contributed by atoms with Crippen LogP contribution in [-0.4, -0.2) is 30.8 Å². The fourth-order valence-electron chi connectivity index (χ4n) is 4.09. The number of carbonyl (C=O) groups is 2. The van der Waals surface area contributed by atoms with E-state index in [4.69, 9.17) is 27.6 Å². The molecule has 0 aliphatic heterocycles. The number of hydrogen-bond donors (Lipinski definition) is 2. The zero-order chi connectivity index (χ0) is 30.4. The largest absolute Gasteiger partial charge is 0.459 e. The molecular formula is C30H28Cl2N4O5S. The highest BCUT2D eigenvalue weighted by molar-refractivity contribution is 7.89. The molecule has 1 heterocycles. The second-order valence-electron chi connectivity index (χ2n) is 9.67. The summed E-state index contributed by atoms with van der Waals surface area (Å²) in [4.78, 5) is 24.5. The van der Waals surface area contributed by atoms with Gasteiger partial charge in [-0.05, 0) is 86.0 Å². The second-order valence-corrected chi connectivity index (χ2v) is 12.4. The van der Waals surface area contributed by atoms with Crippen molar-refractivity contribution in [1.82, 2.24) is 9.73 Å². The Kier molecular flexibility index (Phi) is 9.85. The smallest absolute Gasteiger partial charge is 0.329 e. The van der Waals surface area contributed by atoms with Crippen molar-refractivity contribution in [3.63, 3.8) is 0 Å². The van der Waals surface area contributed by atoms with Crippen LogP contribution in [0, 0.1) is 20.8 Å². The van der Waals surface area contributed by atoms with Crippen LogP contribution in [-0.2, 0) is 32.7 Å². The summed E-state index contributed by atoms with van der Waals surface area (Å²) in [5.74, 6) is -1.28. The molecule has 1 aromatic heterocycles. The van der Waals surface area contributed by atoms with Crippen LogP contribution in [0.3, 0.4) is 0 Å². The lowest BCUT2D eigenvalue weighted by atomic mass is 10.1. The zero-order valence-electron chi connectivity index (χ0n) is 23.0. The van der Waals surface area contributed by atoms with E-state index >= 15 is 0 Å². The summed E-state index contributed by atoms with van der Waals surface area (Å²) in [5, 5.41) is 6.98. The second kappa shape index (κ2) is 13.3. The predicted molar refractivity (Wildman–Crippen MR) is 163 cm³/mol. The zero-order valence-corrected chi connectivity index (χ0v) is 25.3. The minimum Gasteiger partial charge on any atom is -0.459 e. The normalized spacial score (nSPS) is 11.7. The van der Waals surface area contributed by atoms with E-state index in [2.05, 4.69) is 15.8 Å². The van der Waals surface area contributed by atoms with E-state index in [1.54, 1.807) is 66.7 Å². The van der Waals surface area contributed by atoms with Gasteiger partial charge in [-0.15, -0.1) is 0 Å². The molecule has 0 radical (unpaired) electrons. The van der Waals surface area contributed by atoms with Gasteiger partial charge in [-0.1, -0.05) is 53.0 Å². The molecule has 0 fully saturated rings. The third-order valence-corrected chi connectivity index (χ3v) is 8.60. The fraction of sp³-hybridized carbons (Fsp3) is 0.167. The standard InChI is InChI=1S/C30H28Cl2N4O5S/c1-19-4-9-26(10-5-19)42(39,40)36(17-22-6-11-27(31)28(32)15-22)18-25-8-7-24(41-25)16-33-35-30(38)29(37)34-23-13-20(2)12-21(3)14-23/h4-16H,17-18H2,1-3H3,(H,34,37)(H,35,38)/b33-16+. The SMILES string of the molecule is Cc1ccc(S(=O)(=O)N(Cc2ccc(Cl)c(Cl)c2)Cc2ccc(/C=N/NC(=O)C(=O)Nc3cc(C)cc(C)c3)o2)cc1. The first-order chi connectivity index (χ1) is 19.9. The van der Waals surface area contributed by atoms with Gasteiger partial charge in [0.15, 0.2) is 0 Å². The number of rotatable bonds is 9. The molecule has 0 saturated heterocycles. The summed E-state index contributed by atoms with van der Waals surface area (Å²) >= 11 is 12.2. The molecule has 0 bridgehead atoms. The van der Waals surface area contributed by atoms with Gasteiger partial charge in [-0.25, -0.2) is 13.8 Å². The number of nitrogens with one attached hydrogen (secondary N) is 2. The number of halogens is 2. The van der Waals surface area contributed by atoms with E-state index in [9.17, 15) is 18.0 Å². The van der Waals surface area contributed by atoms with Crippen LogP contribution < -0.4 is 10.7 Å². The Morgan fingerprint density at radius 1 is 0.833 bits per heavy atom. The van der Waals surface area contributed by atoms with Crippen LogP contribution >= 0.6 is 23.2 Å². The number of hydrazone groups is 1. The van der Waals surface area contributed by atoms with E-state index in [0.29, 0.717) is 27.1 Å². The van der Waals surface area contributed by atoms with Crippen LogP contribution in [0.5, 0.6) is 0 Å². The number of amides is 2. The van der Waals surface area contributed by atoms with Gasteiger partial charge in [-0.2, -0.15) is 9.41 Å². The lowest BCUT2D eigenvalue weighted by Gasteiger charge is -2.22. The molecule has 0 unspecified atom stereocenters. The molecule has 4 aromatic rings. The molecule has 12 heteroatoms. The number of aryl methyl sites for hydroxylation is 3. The summed E-state index contributed by atoms with van der Waals surface area (Å²) in [6.45, 7) is 5.54. The molecule has 4 rings (SSSR count). The number of nitrogens with zero attached hydrogens (tertiary/aromatic N) is 2. The van der Waals surface area contributed by atoms with Crippen molar-refractivity contribution in [3.8, 4) is 0 Å². The number of carbonyl (C=O) groups excluding carboxylic acids is 2. The van der Waals surface area contributed by atoms with Crippen molar-refractivity contribution in [2.45, 2.75) is 38.8 Å². The first kappa shape index (κ1) is 31.0. The van der Waals surface area contributed by atoms with Crippen LogP contribution in [0.15, 0.2) is 87.2 Å². The first-order valence-corrected chi connectivity index (χ1v) is 14.9. The third kappa shape index (κ3) is 8.07. The fourth-order valence-corrected chi connectivity index (χ4v) is 5.80. The molecule has 218 valence electrons. The van der Waals surface area contributed by atoms with Gasteiger partial charge in [0.1, 0.15) is 11.5 Å². The van der Waals surface area contributed by atoms with Gasteiger partial charge in [-0.3, -0.25) is 9.59 Å². The molecule has 2 amide bonds. The number of anilines is 1. The van der Waals surface area contributed by atoms with E-state index in [-0.39, 0.29) is 23.7 Å². The number of benzene rings is 3. The van der Waals surface area contributed by atoms with Gasteiger partial charge < -0.3 is 9.73 Å². The van der Waals surface area contributed by atoms with Crippen LogP contribution in [0.4, 0.5) is 5.69 Å². The molecule has 0 aliphatic carbocycles.